The van der Waals surface area contributed by atoms with Crippen molar-refractivity contribution in [3.05, 3.63) is 205 Å². The Balaban J connectivity index is 0.998. The normalized spacial score (nSPS) is 13.7. The van der Waals surface area contributed by atoms with Gasteiger partial charge < -0.3 is 4.90 Å². The zero-order valence-electron chi connectivity index (χ0n) is 31.7. The molecule has 10 aromatic rings. The van der Waals surface area contributed by atoms with Crippen molar-refractivity contribution in [1.82, 2.24) is 0 Å². The molecule has 57 heavy (non-hydrogen) atoms. The van der Waals surface area contributed by atoms with E-state index >= 15 is 0 Å². The fourth-order valence-electron chi connectivity index (χ4n) is 8.90. The smallest absolute Gasteiger partial charge is 0.0462 e. The first-order chi connectivity index (χ1) is 28.1. The minimum atomic E-state index is 0.553. The van der Waals surface area contributed by atoms with Crippen LogP contribution in [0.15, 0.2) is 194 Å². The predicted octanol–water partition coefficient (Wildman–Crippen LogP) is 16.0. The highest BCUT2D eigenvalue weighted by Gasteiger charge is 2.19. The van der Waals surface area contributed by atoms with Gasteiger partial charge in [0.25, 0.3) is 0 Å². The molecule has 1 aromatic heterocycles. The lowest BCUT2D eigenvalue weighted by Gasteiger charge is -2.26. The van der Waals surface area contributed by atoms with E-state index in [9.17, 15) is 0 Å². The third-order valence-corrected chi connectivity index (χ3v) is 13.0. The summed E-state index contributed by atoms with van der Waals surface area (Å²) in [5.41, 5.74) is 13.6. The molecule has 1 atom stereocenters. The molecule has 0 N–H and O–H groups in total. The molecule has 1 unspecified atom stereocenters. The summed E-state index contributed by atoms with van der Waals surface area (Å²) in [5.74, 6) is 0.553. The average Bonchev–Trinajstić information content (AvgIpc) is 3.66. The molecule has 11 rings (SSSR count). The van der Waals surface area contributed by atoms with Crippen LogP contribution in [0.3, 0.4) is 0 Å². The van der Waals surface area contributed by atoms with Crippen LogP contribution in [0.5, 0.6) is 0 Å². The van der Waals surface area contributed by atoms with Gasteiger partial charge in [-0.2, -0.15) is 0 Å². The SMILES string of the molecule is CC1C=Cc2cc(-c3ccc(N(c4ccc(-c5ccc6ccccc6c5)cc4)c4ccc(-c5cccc6c5sc5ccccc56)cc4)cc3)c3ccccc3c2C1. The third kappa shape index (κ3) is 5.93. The van der Waals surface area contributed by atoms with Crippen molar-refractivity contribution in [2.45, 2.75) is 13.3 Å². The molecule has 9 aromatic carbocycles. The Labute approximate surface area is 337 Å². The Hall–Kier alpha value is -6.74. The fourth-order valence-corrected chi connectivity index (χ4v) is 10.1. The quantitative estimate of drug-likeness (QED) is 0.164. The monoisotopic (exact) mass is 745 g/mol. The van der Waals surface area contributed by atoms with Crippen molar-refractivity contribution in [2.24, 2.45) is 5.92 Å². The second kappa shape index (κ2) is 13.8. The predicted molar refractivity (Wildman–Crippen MR) is 247 cm³/mol. The van der Waals surface area contributed by atoms with Crippen molar-refractivity contribution in [1.29, 1.82) is 0 Å². The van der Waals surface area contributed by atoms with Crippen LogP contribution in [-0.4, -0.2) is 0 Å². The first kappa shape index (κ1) is 33.6. The number of hydrogen-bond acceptors (Lipinski definition) is 2. The largest absolute Gasteiger partial charge is 0.311 e. The van der Waals surface area contributed by atoms with E-state index < -0.39 is 0 Å². The van der Waals surface area contributed by atoms with Gasteiger partial charge in [0.2, 0.25) is 0 Å². The number of benzene rings is 9. The van der Waals surface area contributed by atoms with E-state index in [4.69, 9.17) is 0 Å². The van der Waals surface area contributed by atoms with E-state index in [1.165, 1.54) is 86.2 Å². The van der Waals surface area contributed by atoms with Gasteiger partial charge in [0.15, 0.2) is 0 Å². The third-order valence-electron chi connectivity index (χ3n) is 11.8. The van der Waals surface area contributed by atoms with Crippen molar-refractivity contribution in [2.75, 3.05) is 4.90 Å². The summed E-state index contributed by atoms with van der Waals surface area (Å²) in [4.78, 5) is 2.38. The van der Waals surface area contributed by atoms with Gasteiger partial charge in [-0.3, -0.25) is 0 Å². The molecule has 2 heteroatoms. The number of allylic oxidation sites excluding steroid dienone is 1. The van der Waals surface area contributed by atoms with E-state index in [0.29, 0.717) is 5.92 Å². The number of fused-ring (bicyclic) bond motifs is 7. The topological polar surface area (TPSA) is 3.24 Å². The van der Waals surface area contributed by atoms with Crippen LogP contribution >= 0.6 is 11.3 Å². The number of nitrogens with zero attached hydrogens (tertiary/aromatic N) is 1. The molecule has 1 aliphatic rings. The second-order valence-electron chi connectivity index (χ2n) is 15.4. The molecule has 1 heterocycles. The van der Waals surface area contributed by atoms with Gasteiger partial charge in [0.1, 0.15) is 0 Å². The van der Waals surface area contributed by atoms with Crippen LogP contribution in [0.2, 0.25) is 0 Å². The number of hydrogen-bond donors (Lipinski definition) is 0. The maximum absolute atomic E-state index is 2.40. The van der Waals surface area contributed by atoms with Crippen molar-refractivity contribution in [3.63, 3.8) is 0 Å². The van der Waals surface area contributed by atoms with Crippen LogP contribution in [0, 0.1) is 5.92 Å². The number of anilines is 3. The van der Waals surface area contributed by atoms with Crippen molar-refractivity contribution >= 4 is 76.2 Å². The number of thiophene rings is 1. The Bertz CT molecular complexity index is 3150. The van der Waals surface area contributed by atoms with Gasteiger partial charge in [0, 0.05) is 37.2 Å². The molecule has 0 fully saturated rings. The van der Waals surface area contributed by atoms with E-state index in [1.807, 2.05) is 11.3 Å². The minimum Gasteiger partial charge on any atom is -0.311 e. The fraction of sp³-hybridized carbons (Fsp3) is 0.0545. The lowest BCUT2D eigenvalue weighted by atomic mass is 9.84. The van der Waals surface area contributed by atoms with Crippen molar-refractivity contribution < 1.29 is 0 Å². The molecule has 0 bridgehead atoms. The molecule has 0 saturated carbocycles. The summed E-state index contributed by atoms with van der Waals surface area (Å²) in [6, 6.07) is 69.4. The molecule has 0 radical (unpaired) electrons. The summed E-state index contributed by atoms with van der Waals surface area (Å²) in [6.07, 6.45) is 5.75. The molecule has 0 saturated heterocycles. The molecule has 0 amide bonds. The van der Waals surface area contributed by atoms with Crippen LogP contribution in [0.1, 0.15) is 18.1 Å². The summed E-state index contributed by atoms with van der Waals surface area (Å²) < 4.78 is 2.66. The maximum Gasteiger partial charge on any atom is 0.0462 e. The highest BCUT2D eigenvalue weighted by atomic mass is 32.1. The summed E-state index contributed by atoms with van der Waals surface area (Å²) >= 11 is 1.88. The van der Waals surface area contributed by atoms with E-state index in [-0.39, 0.29) is 0 Å². The summed E-state index contributed by atoms with van der Waals surface area (Å²) in [5, 5.41) is 7.84. The lowest BCUT2D eigenvalue weighted by Crippen LogP contribution is -2.09. The summed E-state index contributed by atoms with van der Waals surface area (Å²) in [7, 11) is 0. The van der Waals surface area contributed by atoms with Crippen molar-refractivity contribution in [3.8, 4) is 33.4 Å². The molecular formula is C55H39NS. The van der Waals surface area contributed by atoms with Gasteiger partial charge in [-0.15, -0.1) is 11.3 Å². The maximum atomic E-state index is 2.40. The van der Waals surface area contributed by atoms with E-state index in [0.717, 1.165) is 23.5 Å². The highest BCUT2D eigenvalue weighted by molar-refractivity contribution is 7.26. The van der Waals surface area contributed by atoms with E-state index in [2.05, 4.69) is 212 Å². The Kier molecular flexibility index (Phi) is 8.12. The van der Waals surface area contributed by atoms with Gasteiger partial charge in [0.05, 0.1) is 0 Å². The Morgan fingerprint density at radius 2 is 1.04 bits per heavy atom. The molecule has 0 spiro atoms. The average molecular weight is 746 g/mol. The van der Waals surface area contributed by atoms with Crippen LogP contribution in [0.4, 0.5) is 17.1 Å². The highest BCUT2D eigenvalue weighted by Crippen LogP contribution is 2.43. The van der Waals surface area contributed by atoms with Gasteiger partial charge >= 0.3 is 0 Å². The number of rotatable bonds is 6. The standard InChI is InChI=1S/C55H39NS/c1-36-17-18-43-35-53(49-12-5-4-11-48(49)52(43)33-36)40-25-31-46(32-26-40)56(44-27-21-38(22-28-44)42-20-19-37-9-2-3-10-41(37)34-42)45-29-23-39(24-30-45)47-14-8-15-51-50-13-6-7-16-54(50)57-55(47)51/h2-32,34-36H,33H2,1H3. The van der Waals surface area contributed by atoms with Crippen LogP contribution < -0.4 is 4.90 Å². The first-order valence-electron chi connectivity index (χ1n) is 19.9. The molecule has 0 aliphatic heterocycles. The minimum absolute atomic E-state index is 0.553. The zero-order valence-corrected chi connectivity index (χ0v) is 32.5. The van der Waals surface area contributed by atoms with Gasteiger partial charge in [-0.1, -0.05) is 153 Å². The van der Waals surface area contributed by atoms with E-state index in [1.54, 1.807) is 0 Å². The van der Waals surface area contributed by atoms with Crippen LogP contribution in [-0.2, 0) is 6.42 Å². The molecular weight excluding hydrogens is 707 g/mol. The Morgan fingerprint density at radius 1 is 0.456 bits per heavy atom. The molecule has 270 valence electrons. The Morgan fingerprint density at radius 3 is 1.77 bits per heavy atom. The molecule has 1 nitrogen and oxygen atoms in total. The molecule has 1 aliphatic carbocycles. The first-order valence-corrected chi connectivity index (χ1v) is 20.7. The second-order valence-corrected chi connectivity index (χ2v) is 16.4. The summed E-state index contributed by atoms with van der Waals surface area (Å²) in [6.45, 7) is 2.31. The van der Waals surface area contributed by atoms with Gasteiger partial charge in [-0.25, -0.2) is 0 Å². The lowest BCUT2D eigenvalue weighted by molar-refractivity contribution is 0.721. The van der Waals surface area contributed by atoms with Crippen LogP contribution in [0.25, 0.3) is 81.2 Å². The zero-order chi connectivity index (χ0) is 37.9. The van der Waals surface area contributed by atoms with Gasteiger partial charge in [-0.05, 0) is 133 Å².